The van der Waals surface area contributed by atoms with Crippen molar-refractivity contribution in [1.29, 1.82) is 0 Å². The van der Waals surface area contributed by atoms with E-state index in [0.29, 0.717) is 0 Å². The molecule has 0 bridgehead atoms. The molecule has 1 N–H and O–H groups in total. The van der Waals surface area contributed by atoms with Gasteiger partial charge in [0.05, 0.1) is 17.6 Å². The predicted molar refractivity (Wildman–Crippen MR) is 111 cm³/mol. The second-order valence-corrected chi connectivity index (χ2v) is 9.47. The normalized spacial score (nSPS) is 16.6. The highest BCUT2D eigenvalue weighted by Crippen LogP contribution is 2.30. The Labute approximate surface area is 175 Å². The highest BCUT2D eigenvalue weighted by atomic mass is 35.5. The van der Waals surface area contributed by atoms with E-state index in [0.717, 1.165) is 29.1 Å². The van der Waals surface area contributed by atoms with Gasteiger partial charge in [0.1, 0.15) is 4.90 Å². The number of hydrogen-bond acceptors (Lipinski definition) is 3. The number of amides is 1. The Kier molecular flexibility index (Phi) is 6.65. The quantitative estimate of drug-likeness (QED) is 0.731. The summed E-state index contributed by atoms with van der Waals surface area (Å²) in [6.45, 7) is 1.54. The van der Waals surface area contributed by atoms with Gasteiger partial charge in [0.15, 0.2) is 0 Å². The van der Waals surface area contributed by atoms with Gasteiger partial charge in [-0.15, -0.1) is 0 Å². The lowest BCUT2D eigenvalue weighted by molar-refractivity contribution is -0.122. The zero-order chi connectivity index (χ0) is 20.3. The van der Waals surface area contributed by atoms with E-state index in [1.54, 1.807) is 6.92 Å². The molecule has 5 nitrogen and oxygen atoms in total. The van der Waals surface area contributed by atoms with E-state index in [9.17, 15) is 13.2 Å². The van der Waals surface area contributed by atoms with Crippen molar-refractivity contribution in [1.82, 2.24) is 9.62 Å². The van der Waals surface area contributed by atoms with E-state index < -0.39 is 10.0 Å². The second kappa shape index (κ2) is 8.82. The summed E-state index contributed by atoms with van der Waals surface area (Å²) in [7, 11) is -3.94. The SMILES string of the molecule is CCN(CC(=O)N[C@H]1CCCc2ccccc21)S(=O)(=O)c1cc(Cl)ccc1Cl. The van der Waals surface area contributed by atoms with Gasteiger partial charge >= 0.3 is 0 Å². The first-order valence-electron chi connectivity index (χ1n) is 9.15. The number of hydrogen-bond donors (Lipinski definition) is 1. The monoisotopic (exact) mass is 440 g/mol. The molecule has 0 radical (unpaired) electrons. The Morgan fingerprint density at radius 1 is 1.21 bits per heavy atom. The molecular formula is C20H22Cl2N2O3S. The fraction of sp³-hybridized carbons (Fsp3) is 0.350. The van der Waals surface area contributed by atoms with E-state index in [1.165, 1.54) is 23.8 Å². The molecule has 2 aromatic carbocycles. The van der Waals surface area contributed by atoms with Gasteiger partial charge in [0.25, 0.3) is 0 Å². The number of halogens is 2. The van der Waals surface area contributed by atoms with Crippen LogP contribution in [-0.2, 0) is 21.2 Å². The van der Waals surface area contributed by atoms with Crippen molar-refractivity contribution < 1.29 is 13.2 Å². The number of fused-ring (bicyclic) bond motifs is 1. The minimum atomic E-state index is -3.94. The van der Waals surface area contributed by atoms with Crippen molar-refractivity contribution in [3.05, 3.63) is 63.6 Å². The van der Waals surface area contributed by atoms with Crippen LogP contribution in [0, 0.1) is 0 Å². The average Bonchev–Trinajstić information content (AvgIpc) is 2.68. The molecule has 2 aromatic rings. The summed E-state index contributed by atoms with van der Waals surface area (Å²) in [6.07, 6.45) is 2.81. The third kappa shape index (κ3) is 4.51. The number of nitrogens with zero attached hydrogens (tertiary/aromatic N) is 1. The van der Waals surface area contributed by atoms with Gasteiger partial charge in [0.2, 0.25) is 15.9 Å². The smallest absolute Gasteiger partial charge is 0.245 e. The molecule has 8 heteroatoms. The van der Waals surface area contributed by atoms with Crippen molar-refractivity contribution >= 4 is 39.1 Å². The molecule has 1 aliphatic carbocycles. The minimum Gasteiger partial charge on any atom is -0.348 e. The zero-order valence-electron chi connectivity index (χ0n) is 15.5. The lowest BCUT2D eigenvalue weighted by atomic mass is 9.88. The van der Waals surface area contributed by atoms with E-state index in [1.807, 2.05) is 18.2 Å². The molecule has 0 aliphatic heterocycles. The highest BCUT2D eigenvalue weighted by Gasteiger charge is 2.29. The lowest BCUT2D eigenvalue weighted by Crippen LogP contribution is -2.42. The summed E-state index contributed by atoms with van der Waals surface area (Å²) in [4.78, 5) is 12.5. The maximum absolute atomic E-state index is 13.0. The lowest BCUT2D eigenvalue weighted by Gasteiger charge is -2.27. The van der Waals surface area contributed by atoms with Crippen LogP contribution in [0.5, 0.6) is 0 Å². The maximum atomic E-state index is 13.0. The van der Waals surface area contributed by atoms with Crippen molar-refractivity contribution in [2.24, 2.45) is 0 Å². The van der Waals surface area contributed by atoms with Crippen LogP contribution in [0.4, 0.5) is 0 Å². The molecule has 3 rings (SSSR count). The summed E-state index contributed by atoms with van der Waals surface area (Å²) < 4.78 is 27.0. The summed E-state index contributed by atoms with van der Waals surface area (Å²) in [6, 6.07) is 12.2. The highest BCUT2D eigenvalue weighted by molar-refractivity contribution is 7.89. The first-order chi connectivity index (χ1) is 13.3. The Bertz CT molecular complexity index is 979. The fourth-order valence-corrected chi connectivity index (χ4v) is 5.63. The van der Waals surface area contributed by atoms with Crippen molar-refractivity contribution in [2.75, 3.05) is 13.1 Å². The minimum absolute atomic E-state index is 0.0736. The topological polar surface area (TPSA) is 66.5 Å². The number of nitrogens with one attached hydrogen (secondary N) is 1. The van der Waals surface area contributed by atoms with E-state index in [-0.39, 0.29) is 40.0 Å². The molecule has 1 amide bonds. The van der Waals surface area contributed by atoms with E-state index >= 15 is 0 Å². The molecule has 1 aliphatic rings. The fourth-order valence-electron chi connectivity index (χ4n) is 3.48. The van der Waals surface area contributed by atoms with Gasteiger partial charge in [-0.1, -0.05) is 54.4 Å². The molecular weight excluding hydrogens is 419 g/mol. The van der Waals surface area contributed by atoms with Crippen molar-refractivity contribution in [3.8, 4) is 0 Å². The van der Waals surface area contributed by atoms with E-state index in [2.05, 4.69) is 11.4 Å². The van der Waals surface area contributed by atoms with Gasteiger partial charge in [-0.05, 0) is 48.6 Å². The first-order valence-corrected chi connectivity index (χ1v) is 11.3. The van der Waals surface area contributed by atoms with Crippen LogP contribution < -0.4 is 5.32 Å². The van der Waals surface area contributed by atoms with E-state index in [4.69, 9.17) is 23.2 Å². The van der Waals surface area contributed by atoms with Crippen LogP contribution in [0.1, 0.15) is 36.9 Å². The Morgan fingerprint density at radius 2 is 1.96 bits per heavy atom. The third-order valence-electron chi connectivity index (χ3n) is 4.89. The number of carbonyl (C=O) groups excluding carboxylic acids is 1. The second-order valence-electron chi connectivity index (χ2n) is 6.72. The van der Waals surface area contributed by atoms with Gasteiger partial charge in [-0.25, -0.2) is 8.42 Å². The number of aryl methyl sites for hydroxylation is 1. The molecule has 150 valence electrons. The summed E-state index contributed by atoms with van der Waals surface area (Å²) in [5.41, 5.74) is 2.33. The summed E-state index contributed by atoms with van der Waals surface area (Å²) in [5.74, 6) is -0.342. The van der Waals surface area contributed by atoms with Crippen LogP contribution in [0.15, 0.2) is 47.4 Å². The largest absolute Gasteiger partial charge is 0.348 e. The number of carbonyl (C=O) groups is 1. The Morgan fingerprint density at radius 3 is 2.71 bits per heavy atom. The molecule has 0 spiro atoms. The molecule has 0 saturated carbocycles. The molecule has 0 aromatic heterocycles. The predicted octanol–water partition coefficient (Wildman–Crippen LogP) is 4.20. The van der Waals surface area contributed by atoms with Crippen LogP contribution in [0.3, 0.4) is 0 Å². The molecule has 0 saturated heterocycles. The molecule has 0 heterocycles. The number of sulfonamides is 1. The first kappa shape index (κ1) is 21.1. The molecule has 1 atom stereocenters. The van der Waals surface area contributed by atoms with Crippen LogP contribution in [0.2, 0.25) is 10.0 Å². The summed E-state index contributed by atoms with van der Waals surface area (Å²) in [5, 5.41) is 3.32. The number of likely N-dealkylation sites (N-methyl/N-ethyl adjacent to an activating group) is 1. The average molecular weight is 441 g/mol. The van der Waals surface area contributed by atoms with Gasteiger partial charge in [-0.2, -0.15) is 4.31 Å². The third-order valence-corrected chi connectivity index (χ3v) is 7.53. The van der Waals surface area contributed by atoms with Crippen molar-refractivity contribution in [3.63, 3.8) is 0 Å². The Hall–Kier alpha value is -1.60. The van der Waals surface area contributed by atoms with Gasteiger partial charge < -0.3 is 5.32 Å². The standard InChI is InChI=1S/C20H22Cl2N2O3S/c1-2-24(28(26,27)19-12-15(21)10-11-17(19)22)13-20(25)23-18-9-5-7-14-6-3-4-8-16(14)18/h3-4,6,8,10-12,18H,2,5,7,9,13H2,1H3,(H,23,25)/t18-/m0/s1. The zero-order valence-corrected chi connectivity index (χ0v) is 17.8. The molecule has 0 fully saturated rings. The van der Waals surface area contributed by atoms with Gasteiger partial charge in [0, 0.05) is 11.6 Å². The van der Waals surface area contributed by atoms with Gasteiger partial charge in [-0.3, -0.25) is 4.79 Å². The molecule has 0 unspecified atom stereocenters. The van der Waals surface area contributed by atoms with Crippen LogP contribution in [-0.4, -0.2) is 31.7 Å². The Balaban J connectivity index is 1.76. The number of rotatable bonds is 6. The maximum Gasteiger partial charge on any atom is 0.245 e. The molecule has 28 heavy (non-hydrogen) atoms. The van der Waals surface area contributed by atoms with Crippen LogP contribution in [0.25, 0.3) is 0 Å². The van der Waals surface area contributed by atoms with Crippen molar-refractivity contribution in [2.45, 2.75) is 37.1 Å². The summed E-state index contributed by atoms with van der Waals surface area (Å²) >= 11 is 12.0. The number of benzene rings is 2. The van der Waals surface area contributed by atoms with Crippen LogP contribution >= 0.6 is 23.2 Å².